The van der Waals surface area contributed by atoms with Gasteiger partial charge in [0.05, 0.1) is 0 Å². The number of hydrogen-bond donors (Lipinski definition) is 0. The maximum Gasteiger partial charge on any atom is 0.192 e. The molecule has 3 heteroatoms. The Hall–Kier alpha value is -0.413. The zero-order valence-corrected chi connectivity index (χ0v) is 14.5. The molecule has 112 valence electrons. The number of ketones is 1. The number of carbonyl (C=O) groups excluding carboxylic acids is 1. The molecule has 0 aromatic heterocycles. The van der Waals surface area contributed by atoms with Crippen LogP contribution in [0.1, 0.15) is 40.0 Å². The van der Waals surface area contributed by atoms with Gasteiger partial charge in [0.1, 0.15) is 5.78 Å². The first-order valence-electron chi connectivity index (χ1n) is 8.09. The molecule has 0 heterocycles. The Morgan fingerprint density at radius 2 is 1.85 bits per heavy atom. The van der Waals surface area contributed by atoms with E-state index in [4.69, 9.17) is 4.43 Å². The summed E-state index contributed by atoms with van der Waals surface area (Å²) in [7, 11) is -1.74. The molecule has 0 N–H and O–H groups in total. The van der Waals surface area contributed by atoms with Gasteiger partial charge in [0.15, 0.2) is 8.32 Å². The monoisotopic (exact) mass is 292 g/mol. The molecule has 0 amide bonds. The Labute approximate surface area is 124 Å². The lowest BCUT2D eigenvalue weighted by Crippen LogP contribution is -2.50. The second-order valence-corrected chi connectivity index (χ2v) is 13.2. The normalized spacial score (nSPS) is 40.2. The van der Waals surface area contributed by atoms with Gasteiger partial charge in [-0.1, -0.05) is 32.9 Å². The molecule has 0 radical (unpaired) electrons. The average molecular weight is 292 g/mol. The van der Waals surface area contributed by atoms with E-state index in [1.165, 1.54) is 6.42 Å². The lowest BCUT2D eigenvalue weighted by molar-refractivity contribution is -0.131. The Morgan fingerprint density at radius 1 is 1.20 bits per heavy atom. The fourth-order valence-electron chi connectivity index (χ4n) is 4.16. The van der Waals surface area contributed by atoms with Crippen molar-refractivity contribution in [3.05, 3.63) is 12.2 Å². The van der Waals surface area contributed by atoms with Gasteiger partial charge in [0, 0.05) is 24.4 Å². The molecule has 2 bridgehead atoms. The van der Waals surface area contributed by atoms with E-state index in [1.54, 1.807) is 0 Å². The first kappa shape index (κ1) is 14.5. The van der Waals surface area contributed by atoms with Crippen LogP contribution in [-0.2, 0) is 9.22 Å². The average Bonchev–Trinajstić information content (AvgIpc) is 2.92. The van der Waals surface area contributed by atoms with E-state index in [2.05, 4.69) is 46.0 Å². The molecule has 3 aliphatic carbocycles. The minimum absolute atomic E-state index is 0.247. The number of Topliss-reactive ketones (excluding diaryl/α,β-unsaturated/α-hetero) is 1. The SMILES string of the molecule is CC(C)(C)[Si](C)(C)O[C@@H]1CCC(=O)C2C1[C@H]1C=C[C@@H]2C1. The van der Waals surface area contributed by atoms with Crippen molar-refractivity contribution in [2.45, 2.75) is 64.3 Å². The minimum atomic E-state index is -1.74. The van der Waals surface area contributed by atoms with Crippen molar-refractivity contribution < 1.29 is 9.22 Å². The highest BCUT2D eigenvalue weighted by atomic mass is 28.4. The maximum atomic E-state index is 12.3. The van der Waals surface area contributed by atoms with Gasteiger partial charge in [0.25, 0.3) is 0 Å². The fourth-order valence-corrected chi connectivity index (χ4v) is 5.54. The number of rotatable bonds is 2. The lowest BCUT2D eigenvalue weighted by atomic mass is 9.71. The molecule has 3 rings (SSSR count). The summed E-state index contributed by atoms with van der Waals surface area (Å²) >= 11 is 0. The summed E-state index contributed by atoms with van der Waals surface area (Å²) in [4.78, 5) is 12.3. The van der Waals surface area contributed by atoms with Gasteiger partial charge in [-0.3, -0.25) is 4.79 Å². The Morgan fingerprint density at radius 3 is 2.50 bits per heavy atom. The molecular weight excluding hydrogens is 264 g/mol. The summed E-state index contributed by atoms with van der Waals surface area (Å²) in [5.74, 6) is 2.36. The molecular formula is C17H28O2Si. The van der Waals surface area contributed by atoms with Crippen LogP contribution in [0.4, 0.5) is 0 Å². The van der Waals surface area contributed by atoms with Crippen LogP contribution in [0.15, 0.2) is 12.2 Å². The first-order chi connectivity index (χ1) is 9.21. The molecule has 0 aromatic carbocycles. The third-order valence-electron chi connectivity index (χ3n) is 6.25. The van der Waals surface area contributed by atoms with Crippen molar-refractivity contribution in [3.8, 4) is 0 Å². The molecule has 0 saturated heterocycles. The van der Waals surface area contributed by atoms with Crippen LogP contribution in [-0.4, -0.2) is 20.2 Å². The van der Waals surface area contributed by atoms with Crippen LogP contribution in [0, 0.1) is 23.7 Å². The lowest BCUT2D eigenvalue weighted by Gasteiger charge is -2.45. The van der Waals surface area contributed by atoms with E-state index in [1.807, 2.05) is 0 Å². The highest BCUT2D eigenvalue weighted by Crippen LogP contribution is 2.54. The van der Waals surface area contributed by atoms with E-state index < -0.39 is 8.32 Å². The van der Waals surface area contributed by atoms with Gasteiger partial charge in [-0.15, -0.1) is 0 Å². The molecule has 2 unspecified atom stereocenters. The second kappa shape index (κ2) is 4.54. The maximum absolute atomic E-state index is 12.3. The van der Waals surface area contributed by atoms with Crippen molar-refractivity contribution in [2.75, 3.05) is 0 Å². The zero-order valence-electron chi connectivity index (χ0n) is 13.5. The summed E-state index contributed by atoms with van der Waals surface area (Å²) in [5, 5.41) is 0.247. The van der Waals surface area contributed by atoms with Crippen molar-refractivity contribution in [2.24, 2.45) is 23.7 Å². The van der Waals surface area contributed by atoms with Crippen molar-refractivity contribution >= 4 is 14.1 Å². The van der Waals surface area contributed by atoms with Gasteiger partial charge < -0.3 is 4.43 Å². The van der Waals surface area contributed by atoms with Crippen LogP contribution < -0.4 is 0 Å². The van der Waals surface area contributed by atoms with Crippen molar-refractivity contribution in [1.29, 1.82) is 0 Å². The van der Waals surface area contributed by atoms with Crippen LogP contribution >= 0.6 is 0 Å². The molecule has 0 spiro atoms. The van der Waals surface area contributed by atoms with Crippen LogP contribution in [0.3, 0.4) is 0 Å². The largest absolute Gasteiger partial charge is 0.414 e. The van der Waals surface area contributed by atoms with Crippen molar-refractivity contribution in [3.63, 3.8) is 0 Å². The third kappa shape index (κ3) is 2.14. The summed E-state index contributed by atoms with van der Waals surface area (Å²) < 4.78 is 6.71. The van der Waals surface area contributed by atoms with E-state index in [9.17, 15) is 4.79 Å². The smallest absolute Gasteiger partial charge is 0.192 e. The van der Waals surface area contributed by atoms with Crippen LogP contribution in [0.25, 0.3) is 0 Å². The number of fused-ring (bicyclic) bond motifs is 5. The van der Waals surface area contributed by atoms with Gasteiger partial charge in [-0.25, -0.2) is 0 Å². The van der Waals surface area contributed by atoms with E-state index >= 15 is 0 Å². The molecule has 0 aromatic rings. The highest BCUT2D eigenvalue weighted by Gasteiger charge is 2.54. The molecule has 3 aliphatic rings. The quantitative estimate of drug-likeness (QED) is 0.564. The molecule has 2 fully saturated rings. The Kier molecular flexibility index (Phi) is 3.30. The number of hydrogen-bond acceptors (Lipinski definition) is 2. The minimum Gasteiger partial charge on any atom is -0.414 e. The number of carbonyl (C=O) groups is 1. The van der Waals surface area contributed by atoms with Crippen LogP contribution in [0.2, 0.25) is 18.1 Å². The van der Waals surface area contributed by atoms with Gasteiger partial charge in [-0.05, 0) is 42.8 Å². The van der Waals surface area contributed by atoms with Crippen molar-refractivity contribution in [1.82, 2.24) is 0 Å². The summed E-state index contributed by atoms with van der Waals surface area (Å²) in [6.45, 7) is 11.6. The topological polar surface area (TPSA) is 26.3 Å². The molecule has 2 nitrogen and oxygen atoms in total. The highest BCUT2D eigenvalue weighted by molar-refractivity contribution is 6.74. The number of allylic oxidation sites excluding steroid dienone is 2. The summed E-state index contributed by atoms with van der Waals surface area (Å²) in [6, 6.07) is 0. The molecule has 5 atom stereocenters. The van der Waals surface area contributed by atoms with E-state index in [0.29, 0.717) is 29.6 Å². The Bertz CT molecular complexity index is 446. The third-order valence-corrected chi connectivity index (χ3v) is 10.8. The fraction of sp³-hybridized carbons (Fsp3) is 0.824. The standard InChI is InChI=1S/C17H28O2Si/c1-17(2,3)20(4,5)19-14-9-8-13(18)15-11-6-7-12(10-11)16(14)15/h6-7,11-12,14-16H,8-10H2,1-5H3/t11-,12+,14-,15?,16?/m1/s1. The van der Waals surface area contributed by atoms with Gasteiger partial charge >= 0.3 is 0 Å². The molecule has 2 saturated carbocycles. The van der Waals surface area contributed by atoms with E-state index in [0.717, 1.165) is 12.8 Å². The predicted octanol–water partition coefficient (Wildman–Crippen LogP) is 4.18. The van der Waals surface area contributed by atoms with E-state index in [-0.39, 0.29) is 11.0 Å². The van der Waals surface area contributed by atoms with Gasteiger partial charge in [-0.2, -0.15) is 0 Å². The van der Waals surface area contributed by atoms with Gasteiger partial charge in [0.2, 0.25) is 0 Å². The summed E-state index contributed by atoms with van der Waals surface area (Å²) in [5.41, 5.74) is 0. The molecule has 20 heavy (non-hydrogen) atoms. The Balaban J connectivity index is 1.81. The zero-order chi connectivity index (χ0) is 14.7. The predicted molar refractivity (Wildman–Crippen MR) is 84.0 cm³/mol. The second-order valence-electron chi connectivity index (χ2n) is 8.47. The molecule has 0 aliphatic heterocycles. The summed E-state index contributed by atoms with van der Waals surface area (Å²) in [6.07, 6.45) is 7.84. The first-order valence-corrected chi connectivity index (χ1v) is 11.0. The van der Waals surface area contributed by atoms with Crippen LogP contribution in [0.5, 0.6) is 0 Å².